The van der Waals surface area contributed by atoms with Gasteiger partial charge in [-0.3, -0.25) is 4.79 Å². The molecule has 1 aromatic rings. The molecule has 5 heteroatoms. The number of ether oxygens (including phenoxy) is 1. The van der Waals surface area contributed by atoms with Crippen molar-refractivity contribution in [2.24, 2.45) is 0 Å². The summed E-state index contributed by atoms with van der Waals surface area (Å²) in [5, 5.41) is 1.25. The van der Waals surface area contributed by atoms with Crippen LogP contribution in [0, 0.1) is 6.92 Å². The van der Waals surface area contributed by atoms with E-state index in [9.17, 15) is 4.79 Å². The van der Waals surface area contributed by atoms with Gasteiger partial charge in [0.2, 0.25) is 0 Å². The van der Waals surface area contributed by atoms with Gasteiger partial charge in [0, 0.05) is 11.9 Å². The Kier molecular flexibility index (Phi) is 4.65. The maximum absolute atomic E-state index is 12.5. The standard InChI is InChI=1S/C13H15BrClNO2/c1-9-3-2-4-11(12(9)15)13(17)16-5-6-18-8-10(16)7-14/h2-4,10H,5-8H2,1H3. The lowest BCUT2D eigenvalue weighted by atomic mass is 10.1. The third-order valence-corrected chi connectivity index (χ3v) is 4.34. The molecule has 1 aromatic carbocycles. The van der Waals surface area contributed by atoms with Gasteiger partial charge in [0.25, 0.3) is 5.91 Å². The van der Waals surface area contributed by atoms with E-state index in [1.54, 1.807) is 6.07 Å². The highest BCUT2D eigenvalue weighted by Gasteiger charge is 2.28. The van der Waals surface area contributed by atoms with E-state index in [0.717, 1.165) is 5.56 Å². The first kappa shape index (κ1) is 13.8. The van der Waals surface area contributed by atoms with Crippen molar-refractivity contribution in [3.63, 3.8) is 0 Å². The molecule has 0 spiro atoms. The normalized spacial score (nSPS) is 19.9. The highest BCUT2D eigenvalue weighted by molar-refractivity contribution is 9.09. The number of morpholine rings is 1. The molecule has 2 rings (SSSR count). The number of hydrogen-bond acceptors (Lipinski definition) is 2. The number of benzene rings is 1. The summed E-state index contributed by atoms with van der Waals surface area (Å²) in [5.41, 5.74) is 1.50. The number of hydrogen-bond donors (Lipinski definition) is 0. The molecular formula is C13H15BrClNO2. The van der Waals surface area contributed by atoms with Crippen LogP contribution in [-0.4, -0.2) is 41.9 Å². The Labute approximate surface area is 120 Å². The van der Waals surface area contributed by atoms with Crippen molar-refractivity contribution in [3.05, 3.63) is 34.3 Å². The molecule has 0 aromatic heterocycles. The van der Waals surface area contributed by atoms with Gasteiger partial charge < -0.3 is 9.64 Å². The predicted molar refractivity (Wildman–Crippen MR) is 75.6 cm³/mol. The van der Waals surface area contributed by atoms with Crippen molar-refractivity contribution in [2.45, 2.75) is 13.0 Å². The fourth-order valence-corrected chi connectivity index (χ4v) is 2.76. The van der Waals surface area contributed by atoms with Crippen LogP contribution in [0.25, 0.3) is 0 Å². The summed E-state index contributed by atoms with van der Waals surface area (Å²) in [7, 11) is 0. The molecule has 3 nitrogen and oxygen atoms in total. The average molecular weight is 333 g/mol. The molecule has 0 bridgehead atoms. The number of nitrogens with zero attached hydrogens (tertiary/aromatic N) is 1. The molecule has 1 atom stereocenters. The molecule has 1 saturated heterocycles. The third kappa shape index (κ3) is 2.71. The maximum Gasteiger partial charge on any atom is 0.255 e. The smallest absolute Gasteiger partial charge is 0.255 e. The number of carbonyl (C=O) groups is 1. The van der Waals surface area contributed by atoms with E-state index < -0.39 is 0 Å². The average Bonchev–Trinajstić information content (AvgIpc) is 2.41. The summed E-state index contributed by atoms with van der Waals surface area (Å²) in [6.07, 6.45) is 0. The van der Waals surface area contributed by atoms with Gasteiger partial charge in [-0.15, -0.1) is 0 Å². The van der Waals surface area contributed by atoms with E-state index in [1.807, 2.05) is 24.0 Å². The lowest BCUT2D eigenvalue weighted by Gasteiger charge is -2.34. The zero-order valence-electron chi connectivity index (χ0n) is 10.2. The number of aryl methyl sites for hydroxylation is 1. The fraction of sp³-hybridized carbons (Fsp3) is 0.462. The highest BCUT2D eigenvalue weighted by Crippen LogP contribution is 2.23. The van der Waals surface area contributed by atoms with Crippen LogP contribution in [0.5, 0.6) is 0 Å². The Bertz CT molecular complexity index is 453. The van der Waals surface area contributed by atoms with Crippen molar-refractivity contribution in [1.29, 1.82) is 0 Å². The van der Waals surface area contributed by atoms with Crippen LogP contribution in [0.4, 0.5) is 0 Å². The fourth-order valence-electron chi connectivity index (χ4n) is 2.02. The van der Waals surface area contributed by atoms with E-state index in [4.69, 9.17) is 16.3 Å². The van der Waals surface area contributed by atoms with Gasteiger partial charge >= 0.3 is 0 Å². The number of carbonyl (C=O) groups excluding carboxylic acids is 1. The van der Waals surface area contributed by atoms with Gasteiger partial charge in [0.15, 0.2) is 0 Å². The molecule has 1 amide bonds. The minimum atomic E-state index is -0.0172. The van der Waals surface area contributed by atoms with Crippen LogP contribution in [0.3, 0.4) is 0 Å². The van der Waals surface area contributed by atoms with Gasteiger partial charge in [-0.2, -0.15) is 0 Å². The van der Waals surface area contributed by atoms with Gasteiger partial charge in [-0.25, -0.2) is 0 Å². The first-order chi connectivity index (χ1) is 8.65. The first-order valence-corrected chi connectivity index (χ1v) is 7.35. The maximum atomic E-state index is 12.5. The molecule has 0 aliphatic carbocycles. The summed E-state index contributed by atoms with van der Waals surface area (Å²) in [6.45, 7) is 3.67. The lowest BCUT2D eigenvalue weighted by Crippen LogP contribution is -2.49. The Balaban J connectivity index is 2.27. The number of alkyl halides is 1. The molecule has 1 unspecified atom stereocenters. The van der Waals surface area contributed by atoms with Gasteiger partial charge in [-0.05, 0) is 18.6 Å². The topological polar surface area (TPSA) is 29.5 Å². The zero-order chi connectivity index (χ0) is 13.1. The van der Waals surface area contributed by atoms with E-state index in [2.05, 4.69) is 15.9 Å². The van der Waals surface area contributed by atoms with Crippen molar-refractivity contribution in [2.75, 3.05) is 25.1 Å². The number of halogens is 2. The second-order valence-electron chi connectivity index (χ2n) is 4.32. The van der Waals surface area contributed by atoms with E-state index in [-0.39, 0.29) is 11.9 Å². The Morgan fingerprint density at radius 3 is 3.11 bits per heavy atom. The van der Waals surface area contributed by atoms with Crippen LogP contribution in [0.15, 0.2) is 18.2 Å². The molecule has 98 valence electrons. The van der Waals surface area contributed by atoms with Crippen molar-refractivity contribution in [1.82, 2.24) is 4.90 Å². The molecule has 0 radical (unpaired) electrons. The zero-order valence-corrected chi connectivity index (χ0v) is 12.5. The minimum Gasteiger partial charge on any atom is -0.377 e. The van der Waals surface area contributed by atoms with Crippen molar-refractivity contribution >= 4 is 33.4 Å². The first-order valence-electron chi connectivity index (χ1n) is 5.85. The largest absolute Gasteiger partial charge is 0.377 e. The van der Waals surface area contributed by atoms with Gasteiger partial charge in [0.1, 0.15) is 0 Å². The van der Waals surface area contributed by atoms with Gasteiger partial charge in [-0.1, -0.05) is 39.7 Å². The SMILES string of the molecule is Cc1cccc(C(=O)N2CCOCC2CBr)c1Cl. The molecule has 0 saturated carbocycles. The number of rotatable bonds is 2. The summed E-state index contributed by atoms with van der Waals surface area (Å²) in [4.78, 5) is 14.3. The lowest BCUT2D eigenvalue weighted by molar-refractivity contribution is 0.00525. The Morgan fingerprint density at radius 2 is 2.39 bits per heavy atom. The van der Waals surface area contributed by atoms with Crippen LogP contribution in [0.2, 0.25) is 5.02 Å². The quantitative estimate of drug-likeness (QED) is 0.779. The highest BCUT2D eigenvalue weighted by atomic mass is 79.9. The summed E-state index contributed by atoms with van der Waals surface area (Å²) >= 11 is 9.63. The molecule has 1 aliphatic heterocycles. The van der Waals surface area contributed by atoms with E-state index in [0.29, 0.717) is 35.7 Å². The van der Waals surface area contributed by atoms with Crippen LogP contribution in [-0.2, 0) is 4.74 Å². The van der Waals surface area contributed by atoms with Crippen molar-refractivity contribution in [3.8, 4) is 0 Å². The van der Waals surface area contributed by atoms with Crippen LogP contribution < -0.4 is 0 Å². The summed E-state index contributed by atoms with van der Waals surface area (Å²) < 4.78 is 5.39. The molecule has 0 N–H and O–H groups in total. The molecular weight excluding hydrogens is 318 g/mol. The van der Waals surface area contributed by atoms with Gasteiger partial charge in [0.05, 0.1) is 29.8 Å². The summed E-state index contributed by atoms with van der Waals surface area (Å²) in [6, 6.07) is 5.61. The van der Waals surface area contributed by atoms with Crippen LogP contribution in [0.1, 0.15) is 15.9 Å². The minimum absolute atomic E-state index is 0.0172. The second kappa shape index (κ2) is 6.04. The molecule has 1 heterocycles. The molecule has 1 fully saturated rings. The van der Waals surface area contributed by atoms with E-state index in [1.165, 1.54) is 0 Å². The van der Waals surface area contributed by atoms with E-state index >= 15 is 0 Å². The predicted octanol–water partition coefficient (Wildman–Crippen LogP) is 2.88. The summed E-state index contributed by atoms with van der Waals surface area (Å²) in [5.74, 6) is -0.0172. The number of amides is 1. The third-order valence-electron chi connectivity index (χ3n) is 3.09. The molecule has 18 heavy (non-hydrogen) atoms. The Hall–Kier alpha value is -0.580. The monoisotopic (exact) mass is 331 g/mol. The van der Waals surface area contributed by atoms with Crippen molar-refractivity contribution < 1.29 is 9.53 Å². The molecule has 1 aliphatic rings. The second-order valence-corrected chi connectivity index (χ2v) is 5.34. The van der Waals surface area contributed by atoms with Crippen LogP contribution >= 0.6 is 27.5 Å². The Morgan fingerprint density at radius 1 is 1.61 bits per heavy atom.